The molecule has 0 aliphatic carbocycles. The first-order chi connectivity index (χ1) is 15.5. The smallest absolute Gasteiger partial charge is 0.263 e. The van der Waals surface area contributed by atoms with E-state index >= 15 is 0 Å². The van der Waals surface area contributed by atoms with Crippen LogP contribution >= 0.6 is 11.3 Å². The Labute approximate surface area is 192 Å². The van der Waals surface area contributed by atoms with Gasteiger partial charge in [-0.3, -0.25) is 9.59 Å². The molecule has 32 heavy (non-hydrogen) atoms. The topological polar surface area (TPSA) is 65.5 Å². The number of aromatic nitrogens is 1. The number of carbonyl (C=O) groups is 2. The standard InChI is InChI=1S/C25H28N4O2S/c1-18-8-9-21(19(2)16-18)25-27-17-22(32-25)24(31)26-11-10-23(30)29-14-12-28(13-15-29)20-6-4-3-5-7-20/h3-9,16-17H,10-15H2,1-2H3,(H,26,31). The molecule has 7 heteroatoms. The van der Waals surface area contributed by atoms with Gasteiger partial charge in [0.15, 0.2) is 0 Å². The average Bonchev–Trinajstić information content (AvgIpc) is 3.30. The summed E-state index contributed by atoms with van der Waals surface area (Å²) in [5, 5.41) is 3.70. The van der Waals surface area contributed by atoms with Crippen LogP contribution in [0.25, 0.3) is 10.6 Å². The molecule has 0 radical (unpaired) electrons. The van der Waals surface area contributed by atoms with Gasteiger partial charge in [-0.15, -0.1) is 11.3 Å². The van der Waals surface area contributed by atoms with Crippen molar-refractivity contribution in [1.29, 1.82) is 0 Å². The fourth-order valence-corrected chi connectivity index (χ4v) is 4.86. The number of thiazole rings is 1. The van der Waals surface area contributed by atoms with Crippen LogP contribution in [-0.2, 0) is 4.79 Å². The molecule has 1 fully saturated rings. The van der Waals surface area contributed by atoms with E-state index in [1.54, 1.807) is 6.20 Å². The van der Waals surface area contributed by atoms with Crippen LogP contribution in [0.5, 0.6) is 0 Å². The van der Waals surface area contributed by atoms with Crippen LogP contribution < -0.4 is 10.2 Å². The van der Waals surface area contributed by atoms with E-state index in [0.29, 0.717) is 30.9 Å². The summed E-state index contributed by atoms with van der Waals surface area (Å²) in [6.45, 7) is 7.49. The maximum absolute atomic E-state index is 12.6. The number of anilines is 1. The monoisotopic (exact) mass is 448 g/mol. The molecular weight excluding hydrogens is 420 g/mol. The zero-order chi connectivity index (χ0) is 22.5. The molecule has 0 spiro atoms. The van der Waals surface area contributed by atoms with Crippen LogP contribution in [0, 0.1) is 13.8 Å². The van der Waals surface area contributed by atoms with E-state index in [2.05, 4.69) is 53.3 Å². The van der Waals surface area contributed by atoms with E-state index in [0.717, 1.165) is 29.2 Å². The van der Waals surface area contributed by atoms with Crippen molar-refractivity contribution in [3.63, 3.8) is 0 Å². The lowest BCUT2D eigenvalue weighted by atomic mass is 10.1. The fraction of sp³-hybridized carbons (Fsp3) is 0.320. The number of carbonyl (C=O) groups excluding carboxylic acids is 2. The van der Waals surface area contributed by atoms with Crippen molar-refractivity contribution in [2.45, 2.75) is 20.3 Å². The summed E-state index contributed by atoms with van der Waals surface area (Å²) in [7, 11) is 0. The van der Waals surface area contributed by atoms with Gasteiger partial charge in [0, 0.05) is 50.4 Å². The predicted octanol–water partition coefficient (Wildman–Crippen LogP) is 3.90. The third-order valence-electron chi connectivity index (χ3n) is 5.72. The number of nitrogens with zero attached hydrogens (tertiary/aromatic N) is 3. The van der Waals surface area contributed by atoms with Gasteiger partial charge in [-0.05, 0) is 31.5 Å². The van der Waals surface area contributed by atoms with Crippen molar-refractivity contribution in [2.75, 3.05) is 37.6 Å². The van der Waals surface area contributed by atoms with Crippen LogP contribution in [0.3, 0.4) is 0 Å². The van der Waals surface area contributed by atoms with Crippen LogP contribution in [-0.4, -0.2) is 54.4 Å². The van der Waals surface area contributed by atoms with Gasteiger partial charge in [-0.25, -0.2) is 4.98 Å². The Kier molecular flexibility index (Phi) is 6.85. The highest BCUT2D eigenvalue weighted by molar-refractivity contribution is 7.16. The van der Waals surface area contributed by atoms with Crippen molar-refractivity contribution >= 4 is 28.8 Å². The molecule has 2 amide bonds. The first-order valence-corrected chi connectivity index (χ1v) is 11.7. The van der Waals surface area contributed by atoms with Crippen molar-refractivity contribution in [3.8, 4) is 10.6 Å². The summed E-state index contributed by atoms with van der Waals surface area (Å²) >= 11 is 1.38. The minimum Gasteiger partial charge on any atom is -0.368 e. The van der Waals surface area contributed by atoms with Crippen molar-refractivity contribution in [2.24, 2.45) is 0 Å². The normalized spacial score (nSPS) is 13.8. The number of para-hydroxylation sites is 1. The third-order valence-corrected chi connectivity index (χ3v) is 6.75. The maximum atomic E-state index is 12.6. The minimum absolute atomic E-state index is 0.0817. The summed E-state index contributed by atoms with van der Waals surface area (Å²) < 4.78 is 0. The van der Waals surface area contributed by atoms with E-state index in [9.17, 15) is 9.59 Å². The van der Waals surface area contributed by atoms with Crippen LogP contribution in [0.1, 0.15) is 27.2 Å². The molecule has 2 aromatic carbocycles. The Hall–Kier alpha value is -3.19. The molecule has 0 saturated carbocycles. The molecular formula is C25H28N4O2S. The zero-order valence-electron chi connectivity index (χ0n) is 18.5. The number of hydrogen-bond acceptors (Lipinski definition) is 5. The van der Waals surface area contributed by atoms with Crippen molar-refractivity contribution < 1.29 is 9.59 Å². The molecule has 4 rings (SSSR count). The number of aryl methyl sites for hydroxylation is 2. The average molecular weight is 449 g/mol. The van der Waals surface area contributed by atoms with Gasteiger partial charge >= 0.3 is 0 Å². The van der Waals surface area contributed by atoms with Gasteiger partial charge in [-0.1, -0.05) is 42.0 Å². The van der Waals surface area contributed by atoms with E-state index < -0.39 is 0 Å². The Morgan fingerprint density at radius 2 is 1.78 bits per heavy atom. The molecule has 1 aliphatic heterocycles. The molecule has 0 bridgehead atoms. The highest BCUT2D eigenvalue weighted by Crippen LogP contribution is 2.28. The summed E-state index contributed by atoms with van der Waals surface area (Å²) in [6, 6.07) is 16.5. The highest BCUT2D eigenvalue weighted by Gasteiger charge is 2.21. The maximum Gasteiger partial charge on any atom is 0.263 e. The Balaban J connectivity index is 1.24. The lowest BCUT2D eigenvalue weighted by molar-refractivity contribution is -0.131. The van der Waals surface area contributed by atoms with Crippen molar-refractivity contribution in [3.05, 3.63) is 70.7 Å². The lowest BCUT2D eigenvalue weighted by Crippen LogP contribution is -2.49. The van der Waals surface area contributed by atoms with Crippen LogP contribution in [0.15, 0.2) is 54.7 Å². The second-order valence-corrected chi connectivity index (χ2v) is 9.09. The van der Waals surface area contributed by atoms with Gasteiger partial charge in [-0.2, -0.15) is 0 Å². The van der Waals surface area contributed by atoms with E-state index in [-0.39, 0.29) is 11.8 Å². The molecule has 1 aliphatic rings. The molecule has 3 aromatic rings. The first-order valence-electron chi connectivity index (χ1n) is 10.9. The van der Waals surface area contributed by atoms with Gasteiger partial charge in [0.1, 0.15) is 9.88 Å². The molecule has 0 atom stereocenters. The summed E-state index contributed by atoms with van der Waals surface area (Å²) in [4.78, 5) is 34.2. The quantitative estimate of drug-likeness (QED) is 0.621. The van der Waals surface area contributed by atoms with Crippen LogP contribution in [0.4, 0.5) is 5.69 Å². The largest absolute Gasteiger partial charge is 0.368 e. The second kappa shape index (κ2) is 9.96. The Morgan fingerprint density at radius 3 is 2.50 bits per heavy atom. The highest BCUT2D eigenvalue weighted by atomic mass is 32.1. The molecule has 2 heterocycles. The zero-order valence-corrected chi connectivity index (χ0v) is 19.3. The number of hydrogen-bond donors (Lipinski definition) is 1. The Bertz CT molecular complexity index is 1090. The fourth-order valence-electron chi connectivity index (χ4n) is 3.94. The Morgan fingerprint density at radius 1 is 1.03 bits per heavy atom. The number of piperazine rings is 1. The number of benzene rings is 2. The summed E-state index contributed by atoms with van der Waals surface area (Å²) in [5.74, 6) is -0.0986. The minimum atomic E-state index is -0.180. The number of nitrogens with one attached hydrogen (secondary N) is 1. The third kappa shape index (κ3) is 5.16. The molecule has 6 nitrogen and oxygen atoms in total. The predicted molar refractivity (Wildman–Crippen MR) is 129 cm³/mol. The van der Waals surface area contributed by atoms with Crippen LogP contribution in [0.2, 0.25) is 0 Å². The second-order valence-electron chi connectivity index (χ2n) is 8.06. The van der Waals surface area contributed by atoms with Gasteiger partial charge in [0.2, 0.25) is 5.91 Å². The van der Waals surface area contributed by atoms with Crippen molar-refractivity contribution in [1.82, 2.24) is 15.2 Å². The number of amides is 2. The van der Waals surface area contributed by atoms with Gasteiger partial charge in [0.25, 0.3) is 5.91 Å². The molecule has 166 valence electrons. The van der Waals surface area contributed by atoms with Gasteiger partial charge in [0.05, 0.1) is 6.20 Å². The molecule has 0 unspecified atom stereocenters. The van der Waals surface area contributed by atoms with E-state index in [1.807, 2.05) is 29.2 Å². The lowest BCUT2D eigenvalue weighted by Gasteiger charge is -2.36. The molecule has 1 N–H and O–H groups in total. The SMILES string of the molecule is Cc1ccc(-c2ncc(C(=O)NCCC(=O)N3CCN(c4ccccc4)CC3)s2)c(C)c1. The number of rotatable bonds is 6. The summed E-state index contributed by atoms with van der Waals surface area (Å²) in [6.07, 6.45) is 1.92. The summed E-state index contributed by atoms with van der Waals surface area (Å²) in [5.41, 5.74) is 4.58. The molecule has 1 saturated heterocycles. The van der Waals surface area contributed by atoms with E-state index in [4.69, 9.17) is 0 Å². The first kappa shape index (κ1) is 22.0. The molecule has 1 aromatic heterocycles. The van der Waals surface area contributed by atoms with Gasteiger partial charge < -0.3 is 15.1 Å². The van der Waals surface area contributed by atoms with E-state index in [1.165, 1.54) is 22.6 Å².